The number of hydrogen-bond acceptors (Lipinski definition) is 3. The SMILES string of the molecule is CN(CC(=O)Nc1ccc(C(N)=O)cc1)[C@@H]1CCc2ccccc21. The monoisotopic (exact) mass is 323 g/mol. The van der Waals surface area contributed by atoms with Crippen LogP contribution in [0.5, 0.6) is 0 Å². The lowest BCUT2D eigenvalue weighted by Gasteiger charge is -2.24. The van der Waals surface area contributed by atoms with E-state index in [-0.39, 0.29) is 11.9 Å². The summed E-state index contributed by atoms with van der Waals surface area (Å²) in [5.41, 5.74) is 8.98. The Bertz CT molecular complexity index is 755. The minimum atomic E-state index is -0.479. The number of aryl methyl sites for hydroxylation is 1. The Morgan fingerprint density at radius 3 is 2.58 bits per heavy atom. The molecule has 0 aromatic heterocycles. The summed E-state index contributed by atoms with van der Waals surface area (Å²) in [6, 6.07) is 15.3. The predicted octanol–water partition coefficient (Wildman–Crippen LogP) is 2.34. The first-order valence-electron chi connectivity index (χ1n) is 8.02. The zero-order valence-corrected chi connectivity index (χ0v) is 13.7. The summed E-state index contributed by atoms with van der Waals surface area (Å²) >= 11 is 0. The standard InChI is InChI=1S/C19H21N3O2/c1-22(17-11-8-13-4-2-3-5-16(13)17)12-18(23)21-15-9-6-14(7-10-15)19(20)24/h2-7,9-10,17H,8,11-12H2,1H3,(H2,20,24)(H,21,23)/t17-/m1/s1. The van der Waals surface area contributed by atoms with Crippen LogP contribution in [0.1, 0.15) is 33.9 Å². The number of nitrogens with zero attached hydrogens (tertiary/aromatic N) is 1. The fourth-order valence-electron chi connectivity index (χ4n) is 3.25. The average Bonchev–Trinajstić information content (AvgIpc) is 2.99. The van der Waals surface area contributed by atoms with Gasteiger partial charge in [0.2, 0.25) is 11.8 Å². The Morgan fingerprint density at radius 2 is 1.88 bits per heavy atom. The molecule has 0 fully saturated rings. The van der Waals surface area contributed by atoms with E-state index < -0.39 is 5.91 Å². The number of nitrogens with two attached hydrogens (primary N) is 1. The Kier molecular flexibility index (Phi) is 4.62. The highest BCUT2D eigenvalue weighted by atomic mass is 16.2. The minimum absolute atomic E-state index is 0.0753. The maximum Gasteiger partial charge on any atom is 0.248 e. The summed E-state index contributed by atoms with van der Waals surface area (Å²) < 4.78 is 0. The van der Waals surface area contributed by atoms with Gasteiger partial charge in [0.05, 0.1) is 6.54 Å². The van der Waals surface area contributed by atoms with Crippen molar-refractivity contribution >= 4 is 17.5 Å². The third-order valence-corrected chi connectivity index (χ3v) is 4.48. The number of rotatable bonds is 5. The van der Waals surface area contributed by atoms with Crippen molar-refractivity contribution in [3.63, 3.8) is 0 Å². The predicted molar refractivity (Wildman–Crippen MR) is 93.7 cm³/mol. The van der Waals surface area contributed by atoms with E-state index in [9.17, 15) is 9.59 Å². The summed E-state index contributed by atoms with van der Waals surface area (Å²) in [6.45, 7) is 0.316. The molecule has 124 valence electrons. The van der Waals surface area contributed by atoms with Crippen molar-refractivity contribution in [2.45, 2.75) is 18.9 Å². The van der Waals surface area contributed by atoms with Gasteiger partial charge in [-0.1, -0.05) is 24.3 Å². The topological polar surface area (TPSA) is 75.4 Å². The first-order valence-corrected chi connectivity index (χ1v) is 8.02. The number of carbonyl (C=O) groups excluding carboxylic acids is 2. The van der Waals surface area contributed by atoms with Crippen molar-refractivity contribution in [3.8, 4) is 0 Å². The molecule has 2 amide bonds. The second kappa shape index (κ2) is 6.84. The number of benzene rings is 2. The number of nitrogens with one attached hydrogen (secondary N) is 1. The highest BCUT2D eigenvalue weighted by Gasteiger charge is 2.26. The van der Waals surface area contributed by atoms with Crippen molar-refractivity contribution in [2.75, 3.05) is 18.9 Å². The maximum atomic E-state index is 12.3. The summed E-state index contributed by atoms with van der Waals surface area (Å²) in [6.07, 6.45) is 2.10. The molecule has 0 aliphatic heterocycles. The number of amides is 2. The van der Waals surface area contributed by atoms with Crippen LogP contribution >= 0.6 is 0 Å². The Hall–Kier alpha value is -2.66. The number of carbonyl (C=O) groups is 2. The van der Waals surface area contributed by atoms with Crippen LogP contribution in [0.2, 0.25) is 0 Å². The van der Waals surface area contributed by atoms with Gasteiger partial charge < -0.3 is 11.1 Å². The lowest BCUT2D eigenvalue weighted by atomic mass is 10.1. The summed E-state index contributed by atoms with van der Waals surface area (Å²) in [5.74, 6) is -0.554. The van der Waals surface area contributed by atoms with E-state index in [0.29, 0.717) is 17.8 Å². The summed E-state index contributed by atoms with van der Waals surface area (Å²) in [5, 5.41) is 2.85. The van der Waals surface area contributed by atoms with Gasteiger partial charge in [0.15, 0.2) is 0 Å². The lowest BCUT2D eigenvalue weighted by molar-refractivity contribution is -0.117. The van der Waals surface area contributed by atoms with Crippen LogP contribution in [-0.2, 0) is 11.2 Å². The van der Waals surface area contributed by atoms with Gasteiger partial charge in [0, 0.05) is 17.3 Å². The normalized spacial score (nSPS) is 16.0. The highest BCUT2D eigenvalue weighted by Crippen LogP contribution is 2.34. The van der Waals surface area contributed by atoms with E-state index in [1.54, 1.807) is 24.3 Å². The maximum absolute atomic E-state index is 12.3. The Labute approximate surface area is 141 Å². The molecule has 0 heterocycles. The van der Waals surface area contributed by atoms with Crippen LogP contribution in [0.3, 0.4) is 0 Å². The van der Waals surface area contributed by atoms with Crippen molar-refractivity contribution in [2.24, 2.45) is 5.73 Å². The second-order valence-corrected chi connectivity index (χ2v) is 6.16. The second-order valence-electron chi connectivity index (χ2n) is 6.16. The van der Waals surface area contributed by atoms with Gasteiger partial charge in [-0.2, -0.15) is 0 Å². The van der Waals surface area contributed by atoms with Crippen molar-refractivity contribution in [1.29, 1.82) is 0 Å². The molecular weight excluding hydrogens is 302 g/mol. The van der Waals surface area contributed by atoms with Crippen molar-refractivity contribution in [3.05, 3.63) is 65.2 Å². The molecule has 1 atom stereocenters. The molecule has 0 bridgehead atoms. The van der Waals surface area contributed by atoms with Gasteiger partial charge in [-0.3, -0.25) is 14.5 Å². The van der Waals surface area contributed by atoms with Crippen LogP contribution in [0.15, 0.2) is 48.5 Å². The Morgan fingerprint density at radius 1 is 1.17 bits per heavy atom. The zero-order valence-electron chi connectivity index (χ0n) is 13.7. The molecule has 3 N–H and O–H groups in total. The number of likely N-dealkylation sites (N-methyl/N-ethyl adjacent to an activating group) is 1. The third kappa shape index (κ3) is 3.46. The van der Waals surface area contributed by atoms with Crippen LogP contribution in [-0.4, -0.2) is 30.3 Å². The molecule has 5 heteroatoms. The van der Waals surface area contributed by atoms with E-state index in [0.717, 1.165) is 12.8 Å². The van der Waals surface area contributed by atoms with Crippen LogP contribution in [0.4, 0.5) is 5.69 Å². The first-order chi connectivity index (χ1) is 11.5. The highest BCUT2D eigenvalue weighted by molar-refractivity contribution is 5.95. The van der Waals surface area contributed by atoms with Gasteiger partial charge in [0.1, 0.15) is 0 Å². The van der Waals surface area contributed by atoms with Crippen molar-refractivity contribution < 1.29 is 9.59 Å². The van der Waals surface area contributed by atoms with E-state index >= 15 is 0 Å². The van der Waals surface area contributed by atoms with Crippen molar-refractivity contribution in [1.82, 2.24) is 4.90 Å². The van der Waals surface area contributed by atoms with E-state index in [1.165, 1.54) is 11.1 Å². The number of primary amides is 1. The van der Waals surface area contributed by atoms with E-state index in [4.69, 9.17) is 5.73 Å². The number of hydrogen-bond donors (Lipinski definition) is 2. The molecule has 1 aliphatic carbocycles. The van der Waals surface area contributed by atoms with Crippen LogP contribution in [0, 0.1) is 0 Å². The quantitative estimate of drug-likeness (QED) is 0.887. The molecule has 2 aromatic rings. The number of fused-ring (bicyclic) bond motifs is 1. The fourth-order valence-corrected chi connectivity index (χ4v) is 3.25. The molecule has 0 unspecified atom stereocenters. The molecule has 3 rings (SSSR count). The van der Waals surface area contributed by atoms with E-state index in [1.807, 2.05) is 13.1 Å². The molecule has 0 saturated carbocycles. The summed E-state index contributed by atoms with van der Waals surface area (Å²) in [4.78, 5) is 25.4. The fraction of sp³-hybridized carbons (Fsp3) is 0.263. The first kappa shape index (κ1) is 16.2. The average molecular weight is 323 g/mol. The summed E-state index contributed by atoms with van der Waals surface area (Å²) in [7, 11) is 1.97. The van der Waals surface area contributed by atoms with Gasteiger partial charge in [0.25, 0.3) is 0 Å². The van der Waals surface area contributed by atoms with Gasteiger partial charge in [-0.15, -0.1) is 0 Å². The van der Waals surface area contributed by atoms with Gasteiger partial charge in [-0.25, -0.2) is 0 Å². The molecular formula is C19H21N3O2. The lowest BCUT2D eigenvalue weighted by Crippen LogP contribution is -2.32. The largest absolute Gasteiger partial charge is 0.366 e. The molecule has 0 saturated heterocycles. The molecule has 24 heavy (non-hydrogen) atoms. The number of anilines is 1. The van der Waals surface area contributed by atoms with E-state index in [2.05, 4.69) is 28.4 Å². The Balaban J connectivity index is 1.60. The molecule has 5 nitrogen and oxygen atoms in total. The van der Waals surface area contributed by atoms with Gasteiger partial charge in [-0.05, 0) is 55.3 Å². The van der Waals surface area contributed by atoms with Crippen LogP contribution < -0.4 is 11.1 Å². The molecule has 0 radical (unpaired) electrons. The van der Waals surface area contributed by atoms with Gasteiger partial charge >= 0.3 is 0 Å². The molecule has 2 aromatic carbocycles. The third-order valence-electron chi connectivity index (χ3n) is 4.48. The van der Waals surface area contributed by atoms with Crippen LogP contribution in [0.25, 0.3) is 0 Å². The minimum Gasteiger partial charge on any atom is -0.366 e. The smallest absolute Gasteiger partial charge is 0.248 e. The zero-order chi connectivity index (χ0) is 17.1. The molecule has 1 aliphatic rings. The molecule has 0 spiro atoms.